The molecule has 0 spiro atoms. The topological polar surface area (TPSA) is 69.7 Å². The van der Waals surface area contributed by atoms with E-state index < -0.39 is 9.84 Å². The standard InChI is InChI=1S/C18H27N3O3S/c1-14-4-3-5-17(12-14)21-9-7-20(8-10-21)15(2)18(22)19-16-6-11-25(23,24)13-16/h3-5,12,15-16H,6-11,13H2,1-2H3,(H,19,22). The van der Waals surface area contributed by atoms with Crippen LogP contribution in [0.1, 0.15) is 18.9 Å². The van der Waals surface area contributed by atoms with Gasteiger partial charge in [0, 0.05) is 37.9 Å². The molecule has 2 fully saturated rings. The maximum Gasteiger partial charge on any atom is 0.237 e. The second kappa shape index (κ2) is 7.33. The summed E-state index contributed by atoms with van der Waals surface area (Å²) in [4.78, 5) is 17.0. The van der Waals surface area contributed by atoms with Crippen molar-refractivity contribution < 1.29 is 13.2 Å². The summed E-state index contributed by atoms with van der Waals surface area (Å²) in [6.07, 6.45) is 0.530. The number of piperazine rings is 1. The minimum absolute atomic E-state index is 0.0638. The van der Waals surface area contributed by atoms with Gasteiger partial charge in [0.05, 0.1) is 17.5 Å². The van der Waals surface area contributed by atoms with E-state index in [2.05, 4.69) is 46.3 Å². The molecular formula is C18H27N3O3S. The molecule has 2 saturated heterocycles. The Bertz CT molecular complexity index is 727. The number of sulfone groups is 1. The highest BCUT2D eigenvalue weighted by Crippen LogP contribution is 2.19. The molecule has 1 N–H and O–H groups in total. The van der Waals surface area contributed by atoms with Crippen LogP contribution in [0, 0.1) is 6.92 Å². The molecule has 2 heterocycles. The van der Waals surface area contributed by atoms with E-state index in [9.17, 15) is 13.2 Å². The van der Waals surface area contributed by atoms with Gasteiger partial charge in [0.1, 0.15) is 0 Å². The molecule has 0 aliphatic carbocycles. The molecule has 25 heavy (non-hydrogen) atoms. The van der Waals surface area contributed by atoms with Crippen molar-refractivity contribution >= 4 is 21.4 Å². The van der Waals surface area contributed by atoms with Crippen LogP contribution in [0.3, 0.4) is 0 Å². The van der Waals surface area contributed by atoms with Crippen molar-refractivity contribution in [3.63, 3.8) is 0 Å². The largest absolute Gasteiger partial charge is 0.369 e. The Balaban J connectivity index is 1.51. The third-order valence-electron chi connectivity index (χ3n) is 5.19. The fourth-order valence-corrected chi connectivity index (χ4v) is 5.26. The van der Waals surface area contributed by atoms with Gasteiger partial charge in [-0.25, -0.2) is 8.42 Å². The van der Waals surface area contributed by atoms with E-state index in [1.165, 1.54) is 11.3 Å². The summed E-state index contributed by atoms with van der Waals surface area (Å²) in [5.41, 5.74) is 2.48. The van der Waals surface area contributed by atoms with Crippen molar-refractivity contribution in [1.82, 2.24) is 10.2 Å². The van der Waals surface area contributed by atoms with Crippen LogP contribution in [0.25, 0.3) is 0 Å². The van der Waals surface area contributed by atoms with Crippen LogP contribution in [0.2, 0.25) is 0 Å². The average molecular weight is 365 g/mol. The van der Waals surface area contributed by atoms with Gasteiger partial charge in [0.15, 0.2) is 9.84 Å². The first-order chi connectivity index (χ1) is 11.8. The second-order valence-corrected chi connectivity index (χ2v) is 9.38. The number of anilines is 1. The molecule has 2 atom stereocenters. The number of carbonyl (C=O) groups is 1. The maximum atomic E-state index is 12.4. The van der Waals surface area contributed by atoms with Gasteiger partial charge in [-0.3, -0.25) is 9.69 Å². The van der Waals surface area contributed by atoms with Crippen molar-refractivity contribution in [2.24, 2.45) is 0 Å². The summed E-state index contributed by atoms with van der Waals surface area (Å²) in [5.74, 6) is 0.194. The van der Waals surface area contributed by atoms with Crippen LogP contribution >= 0.6 is 0 Å². The SMILES string of the molecule is Cc1cccc(N2CCN(C(C)C(=O)NC3CCS(=O)(=O)C3)CC2)c1. The predicted molar refractivity (Wildman–Crippen MR) is 99.6 cm³/mol. The molecular weight excluding hydrogens is 338 g/mol. The zero-order valence-electron chi connectivity index (χ0n) is 14.9. The van der Waals surface area contributed by atoms with Gasteiger partial charge in [-0.1, -0.05) is 12.1 Å². The van der Waals surface area contributed by atoms with E-state index >= 15 is 0 Å². The molecule has 2 aliphatic rings. The van der Waals surface area contributed by atoms with E-state index in [0.717, 1.165) is 26.2 Å². The zero-order valence-corrected chi connectivity index (χ0v) is 15.8. The summed E-state index contributed by atoms with van der Waals surface area (Å²) in [6.45, 7) is 7.42. The van der Waals surface area contributed by atoms with Crippen molar-refractivity contribution in [2.75, 3.05) is 42.6 Å². The highest BCUT2D eigenvalue weighted by atomic mass is 32.2. The number of nitrogens with zero attached hydrogens (tertiary/aromatic N) is 2. The summed E-state index contributed by atoms with van der Waals surface area (Å²) in [6, 6.07) is 8.01. The maximum absolute atomic E-state index is 12.4. The highest BCUT2D eigenvalue weighted by Gasteiger charge is 2.32. The molecule has 0 bridgehead atoms. The molecule has 0 radical (unpaired) electrons. The lowest BCUT2D eigenvalue weighted by Crippen LogP contribution is -2.55. The third-order valence-corrected chi connectivity index (χ3v) is 6.95. The van der Waals surface area contributed by atoms with Crippen LogP contribution in [-0.4, -0.2) is 69.0 Å². The molecule has 0 saturated carbocycles. The van der Waals surface area contributed by atoms with E-state index in [4.69, 9.17) is 0 Å². The summed E-state index contributed by atoms with van der Waals surface area (Å²) in [5, 5.41) is 2.91. The quantitative estimate of drug-likeness (QED) is 0.855. The second-order valence-electron chi connectivity index (χ2n) is 7.15. The summed E-state index contributed by atoms with van der Waals surface area (Å²) >= 11 is 0. The fraction of sp³-hybridized carbons (Fsp3) is 0.611. The van der Waals surface area contributed by atoms with E-state index in [1.807, 2.05) is 6.92 Å². The van der Waals surface area contributed by atoms with Crippen molar-refractivity contribution in [2.45, 2.75) is 32.4 Å². The van der Waals surface area contributed by atoms with Gasteiger partial charge in [-0.05, 0) is 38.0 Å². The lowest BCUT2D eigenvalue weighted by molar-refractivity contribution is -0.126. The first-order valence-electron chi connectivity index (χ1n) is 8.90. The number of carbonyl (C=O) groups excluding carboxylic acids is 1. The van der Waals surface area contributed by atoms with Crippen molar-refractivity contribution in [1.29, 1.82) is 0 Å². The van der Waals surface area contributed by atoms with Gasteiger partial charge >= 0.3 is 0 Å². The Morgan fingerprint density at radius 3 is 2.56 bits per heavy atom. The molecule has 138 valence electrons. The number of hydrogen-bond acceptors (Lipinski definition) is 5. The predicted octanol–water partition coefficient (Wildman–Crippen LogP) is 0.809. The van der Waals surface area contributed by atoms with Gasteiger partial charge in [0.25, 0.3) is 0 Å². The third kappa shape index (κ3) is 4.52. The minimum Gasteiger partial charge on any atom is -0.369 e. The molecule has 2 aliphatic heterocycles. The molecule has 1 amide bonds. The molecule has 2 unspecified atom stereocenters. The van der Waals surface area contributed by atoms with Crippen LogP contribution in [-0.2, 0) is 14.6 Å². The molecule has 3 rings (SSSR count). The van der Waals surface area contributed by atoms with E-state index in [-0.39, 0.29) is 29.5 Å². The van der Waals surface area contributed by atoms with Crippen LogP contribution in [0.4, 0.5) is 5.69 Å². The zero-order chi connectivity index (χ0) is 18.0. The van der Waals surface area contributed by atoms with Gasteiger partial charge < -0.3 is 10.2 Å². The Morgan fingerprint density at radius 1 is 1.24 bits per heavy atom. The highest BCUT2D eigenvalue weighted by molar-refractivity contribution is 7.91. The Labute approximate surface area is 150 Å². The molecule has 1 aromatic carbocycles. The normalized spacial score (nSPS) is 24.9. The number of benzene rings is 1. The minimum atomic E-state index is -2.97. The fourth-order valence-electron chi connectivity index (χ4n) is 3.59. The van der Waals surface area contributed by atoms with Crippen LogP contribution in [0.15, 0.2) is 24.3 Å². The smallest absolute Gasteiger partial charge is 0.237 e. The van der Waals surface area contributed by atoms with Gasteiger partial charge in [-0.2, -0.15) is 0 Å². The Hall–Kier alpha value is -1.60. The van der Waals surface area contributed by atoms with E-state index in [1.54, 1.807) is 0 Å². The van der Waals surface area contributed by atoms with Crippen LogP contribution in [0.5, 0.6) is 0 Å². The molecule has 6 nitrogen and oxygen atoms in total. The number of amides is 1. The average Bonchev–Trinajstić information content (AvgIpc) is 2.93. The lowest BCUT2D eigenvalue weighted by atomic mass is 10.1. The Morgan fingerprint density at radius 2 is 1.96 bits per heavy atom. The van der Waals surface area contributed by atoms with Crippen molar-refractivity contribution in [3.8, 4) is 0 Å². The Kier molecular flexibility index (Phi) is 5.34. The summed E-state index contributed by atoms with van der Waals surface area (Å²) in [7, 11) is -2.97. The van der Waals surface area contributed by atoms with E-state index in [0.29, 0.717) is 6.42 Å². The number of rotatable bonds is 4. The monoisotopic (exact) mass is 365 g/mol. The summed E-state index contributed by atoms with van der Waals surface area (Å²) < 4.78 is 23.0. The van der Waals surface area contributed by atoms with Crippen molar-refractivity contribution in [3.05, 3.63) is 29.8 Å². The lowest BCUT2D eigenvalue weighted by Gasteiger charge is -2.38. The first-order valence-corrected chi connectivity index (χ1v) is 10.7. The molecule has 1 aromatic rings. The van der Waals surface area contributed by atoms with Gasteiger partial charge in [-0.15, -0.1) is 0 Å². The van der Waals surface area contributed by atoms with Crippen LogP contribution < -0.4 is 10.2 Å². The number of aryl methyl sites for hydroxylation is 1. The van der Waals surface area contributed by atoms with Gasteiger partial charge in [0.2, 0.25) is 5.91 Å². The molecule has 7 heteroatoms. The number of nitrogens with one attached hydrogen (secondary N) is 1. The number of hydrogen-bond donors (Lipinski definition) is 1. The molecule has 0 aromatic heterocycles. The first kappa shape index (κ1) is 18.2.